The predicted molar refractivity (Wildman–Crippen MR) is 110 cm³/mol. The van der Waals surface area contributed by atoms with Crippen LogP contribution in [0.3, 0.4) is 0 Å². The molecule has 0 aliphatic carbocycles. The van der Waals surface area contributed by atoms with E-state index in [2.05, 4.69) is 15.9 Å². The van der Waals surface area contributed by atoms with Crippen molar-refractivity contribution in [3.05, 3.63) is 23.8 Å². The molecule has 2 fully saturated rings. The number of hydrogen-bond acceptors (Lipinski definition) is 7. The molecule has 0 spiro atoms. The lowest BCUT2D eigenvalue weighted by Gasteiger charge is -2.37. The Morgan fingerprint density at radius 2 is 1.87 bits per heavy atom. The number of carbonyl (C=O) groups excluding carboxylic acids is 2. The van der Waals surface area contributed by atoms with Gasteiger partial charge in [-0.3, -0.25) is 19.4 Å². The quantitative estimate of drug-likeness (QED) is 0.647. The molecule has 164 valence electrons. The molecular weight excluding hydrogens is 386 g/mol. The van der Waals surface area contributed by atoms with Gasteiger partial charge in [0.15, 0.2) is 11.5 Å². The van der Waals surface area contributed by atoms with Gasteiger partial charge in [-0.25, -0.2) is 0 Å². The van der Waals surface area contributed by atoms with Crippen LogP contribution in [0.2, 0.25) is 0 Å². The molecule has 30 heavy (non-hydrogen) atoms. The average molecular weight is 418 g/mol. The number of benzene rings is 1. The SMILES string of the molecule is CCOC(=O)[C@H]1CCCN(CC(=O)N2CCN(Cc3ccc4c(c3)OCO4)CC2)C1. The molecule has 1 amide bonds. The summed E-state index contributed by atoms with van der Waals surface area (Å²) in [4.78, 5) is 31.2. The van der Waals surface area contributed by atoms with Gasteiger partial charge in [0.1, 0.15) is 0 Å². The molecule has 3 heterocycles. The number of amides is 1. The van der Waals surface area contributed by atoms with Crippen LogP contribution in [0.15, 0.2) is 18.2 Å². The first kappa shape index (κ1) is 20.9. The van der Waals surface area contributed by atoms with Gasteiger partial charge in [0.05, 0.1) is 19.1 Å². The van der Waals surface area contributed by atoms with Crippen molar-refractivity contribution >= 4 is 11.9 Å². The van der Waals surface area contributed by atoms with Crippen molar-refractivity contribution in [2.24, 2.45) is 5.92 Å². The molecule has 0 aromatic heterocycles. The molecule has 3 aliphatic heterocycles. The van der Waals surface area contributed by atoms with Crippen molar-refractivity contribution in [1.82, 2.24) is 14.7 Å². The topological polar surface area (TPSA) is 71.6 Å². The van der Waals surface area contributed by atoms with Gasteiger partial charge in [0.2, 0.25) is 12.7 Å². The second-order valence-corrected chi connectivity index (χ2v) is 8.17. The summed E-state index contributed by atoms with van der Waals surface area (Å²) in [6.07, 6.45) is 1.78. The second-order valence-electron chi connectivity index (χ2n) is 8.17. The Kier molecular flexibility index (Phi) is 6.74. The largest absolute Gasteiger partial charge is 0.466 e. The number of piperazine rings is 1. The van der Waals surface area contributed by atoms with Crippen LogP contribution in [0.4, 0.5) is 0 Å². The van der Waals surface area contributed by atoms with Crippen molar-refractivity contribution < 1.29 is 23.8 Å². The highest BCUT2D eigenvalue weighted by molar-refractivity contribution is 5.78. The highest BCUT2D eigenvalue weighted by Gasteiger charge is 2.29. The van der Waals surface area contributed by atoms with E-state index < -0.39 is 0 Å². The summed E-state index contributed by atoms with van der Waals surface area (Å²) >= 11 is 0. The second kappa shape index (κ2) is 9.66. The van der Waals surface area contributed by atoms with Gasteiger partial charge < -0.3 is 19.1 Å². The van der Waals surface area contributed by atoms with Crippen molar-refractivity contribution in [3.8, 4) is 11.5 Å². The lowest BCUT2D eigenvalue weighted by molar-refractivity contribution is -0.150. The zero-order chi connectivity index (χ0) is 20.9. The van der Waals surface area contributed by atoms with Gasteiger partial charge in [0, 0.05) is 39.3 Å². The molecule has 0 N–H and O–H groups in total. The Hall–Kier alpha value is -2.32. The maximum Gasteiger partial charge on any atom is 0.310 e. The van der Waals surface area contributed by atoms with Crippen molar-refractivity contribution in [1.29, 1.82) is 0 Å². The smallest absolute Gasteiger partial charge is 0.310 e. The van der Waals surface area contributed by atoms with E-state index in [1.807, 2.05) is 24.0 Å². The zero-order valence-corrected chi connectivity index (χ0v) is 17.7. The van der Waals surface area contributed by atoms with Gasteiger partial charge in [-0.1, -0.05) is 6.07 Å². The Labute approximate surface area is 177 Å². The minimum atomic E-state index is -0.133. The highest BCUT2D eigenvalue weighted by atomic mass is 16.7. The van der Waals surface area contributed by atoms with E-state index >= 15 is 0 Å². The third kappa shape index (κ3) is 5.05. The maximum atomic E-state index is 12.8. The summed E-state index contributed by atoms with van der Waals surface area (Å²) in [7, 11) is 0. The van der Waals surface area contributed by atoms with Gasteiger partial charge in [-0.15, -0.1) is 0 Å². The Balaban J connectivity index is 1.22. The number of likely N-dealkylation sites (tertiary alicyclic amines) is 1. The molecule has 3 aliphatic rings. The maximum absolute atomic E-state index is 12.8. The highest BCUT2D eigenvalue weighted by Crippen LogP contribution is 2.32. The zero-order valence-electron chi connectivity index (χ0n) is 17.7. The molecule has 8 heteroatoms. The van der Waals surface area contributed by atoms with Crippen LogP contribution >= 0.6 is 0 Å². The van der Waals surface area contributed by atoms with E-state index in [-0.39, 0.29) is 24.6 Å². The van der Waals surface area contributed by atoms with E-state index in [9.17, 15) is 9.59 Å². The molecule has 0 bridgehead atoms. The molecule has 1 aromatic carbocycles. The summed E-state index contributed by atoms with van der Waals surface area (Å²) in [6.45, 7) is 8.41. The number of nitrogens with zero attached hydrogens (tertiary/aromatic N) is 3. The molecule has 4 rings (SSSR count). The lowest BCUT2D eigenvalue weighted by atomic mass is 9.98. The number of ether oxygens (including phenoxy) is 3. The van der Waals surface area contributed by atoms with E-state index in [0.29, 0.717) is 19.7 Å². The average Bonchev–Trinajstić information content (AvgIpc) is 3.22. The third-order valence-corrected chi connectivity index (χ3v) is 6.05. The normalized spacial score (nSPS) is 22.2. The molecular formula is C22H31N3O5. The van der Waals surface area contributed by atoms with E-state index in [0.717, 1.165) is 63.6 Å². The monoisotopic (exact) mass is 417 g/mol. The summed E-state index contributed by atoms with van der Waals surface area (Å²) < 4.78 is 16.0. The number of hydrogen-bond donors (Lipinski definition) is 0. The summed E-state index contributed by atoms with van der Waals surface area (Å²) in [6, 6.07) is 6.07. The lowest BCUT2D eigenvalue weighted by Crippen LogP contribution is -2.52. The van der Waals surface area contributed by atoms with Crippen LogP contribution in [-0.4, -0.2) is 85.8 Å². The van der Waals surface area contributed by atoms with Crippen LogP contribution in [0.5, 0.6) is 11.5 Å². The first-order valence-electron chi connectivity index (χ1n) is 10.9. The van der Waals surface area contributed by atoms with Crippen LogP contribution in [-0.2, 0) is 20.9 Å². The van der Waals surface area contributed by atoms with E-state index in [1.54, 1.807) is 0 Å². The molecule has 2 saturated heterocycles. The predicted octanol–water partition coefficient (Wildman–Crippen LogP) is 1.33. The number of rotatable bonds is 6. The number of fused-ring (bicyclic) bond motifs is 1. The van der Waals surface area contributed by atoms with Crippen molar-refractivity contribution in [3.63, 3.8) is 0 Å². The number of carbonyl (C=O) groups is 2. The third-order valence-electron chi connectivity index (χ3n) is 6.05. The summed E-state index contributed by atoms with van der Waals surface area (Å²) in [5.74, 6) is 1.53. The Bertz CT molecular complexity index is 763. The number of esters is 1. The fraction of sp³-hybridized carbons (Fsp3) is 0.636. The van der Waals surface area contributed by atoms with Crippen LogP contribution in [0.1, 0.15) is 25.3 Å². The molecule has 0 unspecified atom stereocenters. The van der Waals surface area contributed by atoms with Crippen molar-refractivity contribution in [2.45, 2.75) is 26.3 Å². The van der Waals surface area contributed by atoms with Crippen LogP contribution in [0, 0.1) is 5.92 Å². The Morgan fingerprint density at radius 1 is 1.07 bits per heavy atom. The van der Waals surface area contributed by atoms with Gasteiger partial charge in [-0.2, -0.15) is 0 Å². The number of piperidine rings is 1. The van der Waals surface area contributed by atoms with Gasteiger partial charge in [0.25, 0.3) is 0 Å². The first-order valence-corrected chi connectivity index (χ1v) is 10.9. The molecule has 0 radical (unpaired) electrons. The van der Waals surface area contributed by atoms with E-state index in [4.69, 9.17) is 14.2 Å². The fourth-order valence-electron chi connectivity index (χ4n) is 4.40. The van der Waals surface area contributed by atoms with Crippen LogP contribution in [0.25, 0.3) is 0 Å². The molecule has 1 aromatic rings. The van der Waals surface area contributed by atoms with E-state index in [1.165, 1.54) is 5.56 Å². The van der Waals surface area contributed by atoms with Crippen molar-refractivity contribution in [2.75, 3.05) is 59.2 Å². The summed E-state index contributed by atoms with van der Waals surface area (Å²) in [5, 5.41) is 0. The van der Waals surface area contributed by atoms with Gasteiger partial charge in [-0.05, 0) is 44.0 Å². The first-order chi connectivity index (χ1) is 14.6. The molecule has 0 saturated carbocycles. The van der Waals surface area contributed by atoms with Gasteiger partial charge >= 0.3 is 5.97 Å². The summed E-state index contributed by atoms with van der Waals surface area (Å²) in [5.41, 5.74) is 1.19. The standard InChI is InChI=1S/C22H31N3O5/c1-2-28-22(27)18-4-3-7-24(14-18)15-21(26)25-10-8-23(9-11-25)13-17-5-6-19-20(12-17)30-16-29-19/h5-6,12,18H,2-4,7-11,13-16H2,1H3/t18-/m0/s1. The minimum absolute atomic E-state index is 0.106. The minimum Gasteiger partial charge on any atom is -0.466 e. The fourth-order valence-corrected chi connectivity index (χ4v) is 4.40. The van der Waals surface area contributed by atoms with Crippen LogP contribution < -0.4 is 9.47 Å². The molecule has 8 nitrogen and oxygen atoms in total. The Morgan fingerprint density at radius 3 is 2.67 bits per heavy atom. The molecule has 1 atom stereocenters.